The van der Waals surface area contributed by atoms with Crippen molar-refractivity contribution in [3.8, 4) is 0 Å². The number of hydrogen-bond donors (Lipinski definition) is 0. The molecule has 9 heteroatoms. The Labute approximate surface area is 229 Å². The molecule has 2 aromatic heterocycles. The number of para-hydroxylation sites is 1. The van der Waals surface area contributed by atoms with E-state index in [1.165, 1.54) is 11.3 Å². The van der Waals surface area contributed by atoms with Crippen LogP contribution in [0.4, 0.5) is 0 Å². The summed E-state index contributed by atoms with van der Waals surface area (Å²) in [5.74, 6) is -0.815. The first-order chi connectivity index (χ1) is 18.8. The van der Waals surface area contributed by atoms with Crippen molar-refractivity contribution in [2.45, 2.75) is 40.3 Å². The minimum atomic E-state index is -0.659. The molecule has 0 radical (unpaired) electrons. The first-order valence-electron chi connectivity index (χ1n) is 12.8. The number of thiazole rings is 1. The number of aryl methyl sites for hydroxylation is 1. The molecule has 39 heavy (non-hydrogen) atoms. The van der Waals surface area contributed by atoms with Crippen LogP contribution in [0.25, 0.3) is 17.0 Å². The number of fused-ring (bicyclic) bond motifs is 2. The summed E-state index contributed by atoms with van der Waals surface area (Å²) < 4.78 is 14.4. The normalized spacial score (nSPS) is 15.3. The van der Waals surface area contributed by atoms with Crippen LogP contribution in [0.2, 0.25) is 0 Å². The number of allylic oxidation sites excluding steroid dienone is 1. The number of aromatic nitrogens is 2. The molecule has 0 fully saturated rings. The average Bonchev–Trinajstić information content (AvgIpc) is 3.40. The van der Waals surface area contributed by atoms with Gasteiger partial charge in [-0.15, -0.1) is 0 Å². The lowest BCUT2D eigenvalue weighted by Gasteiger charge is -2.24. The molecule has 5 rings (SSSR count). The molecule has 0 saturated carbocycles. The number of hydrogen-bond acceptors (Lipinski definition) is 7. The molecule has 8 nitrogen and oxygen atoms in total. The highest BCUT2D eigenvalue weighted by Crippen LogP contribution is 2.31. The van der Waals surface area contributed by atoms with E-state index in [2.05, 4.69) is 4.99 Å². The summed E-state index contributed by atoms with van der Waals surface area (Å²) in [5.41, 5.74) is 4.17. The van der Waals surface area contributed by atoms with Crippen molar-refractivity contribution in [2.75, 3.05) is 13.2 Å². The summed E-state index contributed by atoms with van der Waals surface area (Å²) in [6, 6.07) is 14.8. The van der Waals surface area contributed by atoms with Crippen LogP contribution in [-0.4, -0.2) is 34.3 Å². The molecule has 0 spiro atoms. The summed E-state index contributed by atoms with van der Waals surface area (Å²) in [6.07, 6.45) is 3.68. The van der Waals surface area contributed by atoms with Gasteiger partial charge in [0.15, 0.2) is 4.80 Å². The van der Waals surface area contributed by atoms with Gasteiger partial charge in [-0.3, -0.25) is 14.2 Å². The van der Waals surface area contributed by atoms with Gasteiger partial charge in [0, 0.05) is 22.7 Å². The van der Waals surface area contributed by atoms with Crippen molar-refractivity contribution in [2.24, 2.45) is 4.99 Å². The first kappa shape index (κ1) is 26.4. The van der Waals surface area contributed by atoms with Crippen molar-refractivity contribution >= 4 is 40.3 Å². The Balaban J connectivity index is 1.69. The molecule has 200 valence electrons. The quantitative estimate of drug-likeness (QED) is 0.332. The Morgan fingerprint density at radius 1 is 1.03 bits per heavy atom. The van der Waals surface area contributed by atoms with Crippen molar-refractivity contribution < 1.29 is 19.1 Å². The third-order valence-electron chi connectivity index (χ3n) is 6.62. The van der Waals surface area contributed by atoms with E-state index in [1.807, 2.05) is 72.3 Å². The van der Waals surface area contributed by atoms with Gasteiger partial charge in [-0.2, -0.15) is 0 Å². The Morgan fingerprint density at radius 2 is 1.74 bits per heavy atom. The van der Waals surface area contributed by atoms with E-state index in [1.54, 1.807) is 25.3 Å². The Kier molecular flexibility index (Phi) is 7.34. The number of rotatable bonds is 7. The molecule has 0 N–H and O–H groups in total. The van der Waals surface area contributed by atoms with Crippen LogP contribution in [0, 0.1) is 6.92 Å². The predicted molar refractivity (Wildman–Crippen MR) is 150 cm³/mol. The maximum Gasteiger partial charge on any atom is 0.338 e. The number of ether oxygens (including phenoxy) is 2. The molecule has 0 unspecified atom stereocenters. The third-order valence-corrected chi connectivity index (χ3v) is 7.60. The average molecular weight is 544 g/mol. The highest BCUT2D eigenvalue weighted by Gasteiger charge is 2.33. The molecule has 0 aliphatic carbocycles. The fraction of sp³-hybridized carbons (Fsp3) is 0.267. The molecule has 1 aliphatic heterocycles. The van der Waals surface area contributed by atoms with Crippen LogP contribution in [0.15, 0.2) is 75.8 Å². The number of carbonyl (C=O) groups is 2. The number of esters is 2. The third kappa shape index (κ3) is 4.97. The molecule has 3 heterocycles. The number of benzene rings is 2. The van der Waals surface area contributed by atoms with E-state index in [0.29, 0.717) is 27.2 Å². The molecule has 1 atom stereocenters. The summed E-state index contributed by atoms with van der Waals surface area (Å²) in [6.45, 7) is 7.88. The van der Waals surface area contributed by atoms with Gasteiger partial charge in [-0.05, 0) is 45.4 Å². The summed E-state index contributed by atoms with van der Waals surface area (Å²) in [5, 5.41) is 0.908. The summed E-state index contributed by atoms with van der Waals surface area (Å²) >= 11 is 1.27. The van der Waals surface area contributed by atoms with Crippen molar-refractivity contribution in [3.05, 3.63) is 102 Å². The summed E-state index contributed by atoms with van der Waals surface area (Å²) in [7, 11) is 0. The zero-order valence-corrected chi connectivity index (χ0v) is 23.1. The van der Waals surface area contributed by atoms with Gasteiger partial charge in [0.25, 0.3) is 5.56 Å². The Hall–Kier alpha value is -4.24. The molecule has 0 bridgehead atoms. The molecule has 0 saturated heterocycles. The second-order valence-corrected chi connectivity index (χ2v) is 10.3. The minimum Gasteiger partial charge on any atom is -0.465 e. The SMILES string of the molecule is CCOC(=O)Cn1cc(/C=c2\sc3n(c2=O)[C@@H](c2ccc(C)cc2)C(C(=O)OCC)=C(C)N=3)c2ccccc21. The minimum absolute atomic E-state index is 0.0684. The van der Waals surface area contributed by atoms with Crippen molar-refractivity contribution in [3.63, 3.8) is 0 Å². The van der Waals surface area contributed by atoms with Crippen LogP contribution in [0.1, 0.15) is 43.5 Å². The fourth-order valence-corrected chi connectivity index (χ4v) is 5.90. The summed E-state index contributed by atoms with van der Waals surface area (Å²) in [4.78, 5) is 44.4. The second kappa shape index (κ2) is 10.9. The highest BCUT2D eigenvalue weighted by atomic mass is 32.1. The zero-order chi connectivity index (χ0) is 27.7. The Morgan fingerprint density at radius 3 is 2.46 bits per heavy atom. The van der Waals surface area contributed by atoms with E-state index < -0.39 is 12.0 Å². The maximum absolute atomic E-state index is 13.9. The first-order valence-corrected chi connectivity index (χ1v) is 13.6. The zero-order valence-electron chi connectivity index (χ0n) is 22.3. The molecule has 0 amide bonds. The topological polar surface area (TPSA) is 91.9 Å². The van der Waals surface area contributed by atoms with Crippen molar-refractivity contribution in [1.29, 1.82) is 0 Å². The van der Waals surface area contributed by atoms with E-state index in [-0.39, 0.29) is 24.7 Å². The smallest absolute Gasteiger partial charge is 0.338 e. The van der Waals surface area contributed by atoms with E-state index >= 15 is 0 Å². The van der Waals surface area contributed by atoms with Gasteiger partial charge in [-0.1, -0.05) is 59.4 Å². The van der Waals surface area contributed by atoms with Crippen LogP contribution < -0.4 is 14.9 Å². The van der Waals surface area contributed by atoms with Crippen LogP contribution >= 0.6 is 11.3 Å². The van der Waals surface area contributed by atoms with Gasteiger partial charge in [0.2, 0.25) is 0 Å². The van der Waals surface area contributed by atoms with Crippen molar-refractivity contribution in [1.82, 2.24) is 9.13 Å². The van der Waals surface area contributed by atoms with E-state index in [9.17, 15) is 14.4 Å². The van der Waals surface area contributed by atoms with E-state index in [0.717, 1.165) is 27.6 Å². The molecule has 1 aliphatic rings. The van der Waals surface area contributed by atoms with Crippen LogP contribution in [-0.2, 0) is 25.6 Å². The predicted octanol–water partition coefficient (Wildman–Crippen LogP) is 3.62. The lowest BCUT2D eigenvalue weighted by molar-refractivity contribution is -0.143. The molecule has 4 aromatic rings. The van der Waals surface area contributed by atoms with Crippen LogP contribution in [0.3, 0.4) is 0 Å². The lowest BCUT2D eigenvalue weighted by atomic mass is 9.95. The number of carbonyl (C=O) groups excluding carboxylic acids is 2. The largest absolute Gasteiger partial charge is 0.465 e. The van der Waals surface area contributed by atoms with E-state index in [4.69, 9.17) is 9.47 Å². The monoisotopic (exact) mass is 543 g/mol. The van der Waals surface area contributed by atoms with Gasteiger partial charge >= 0.3 is 11.9 Å². The van der Waals surface area contributed by atoms with Gasteiger partial charge in [-0.25, -0.2) is 9.79 Å². The van der Waals surface area contributed by atoms with Gasteiger partial charge in [0.1, 0.15) is 6.54 Å². The van der Waals surface area contributed by atoms with Gasteiger partial charge < -0.3 is 14.0 Å². The second-order valence-electron chi connectivity index (χ2n) is 9.25. The molecular formula is C30H29N3O5S. The number of nitrogens with zero attached hydrogens (tertiary/aromatic N) is 3. The van der Waals surface area contributed by atoms with Gasteiger partial charge in [0.05, 0.1) is 35.1 Å². The molecular weight excluding hydrogens is 514 g/mol. The lowest BCUT2D eigenvalue weighted by Crippen LogP contribution is -2.39. The maximum atomic E-state index is 13.9. The van der Waals surface area contributed by atoms with Crippen LogP contribution in [0.5, 0.6) is 0 Å². The Bertz CT molecular complexity index is 1790. The molecule has 2 aromatic carbocycles. The highest BCUT2D eigenvalue weighted by molar-refractivity contribution is 7.07. The standard InChI is InChI=1S/C30H29N3O5S/c1-5-37-25(34)17-32-16-21(22-9-7-8-10-23(22)32)15-24-28(35)33-27(20-13-11-18(3)12-14-20)26(29(36)38-6-2)19(4)31-30(33)39-24/h7-16,27H,5-6,17H2,1-4H3/b24-15-/t27-/m0/s1. The fourth-order valence-electron chi connectivity index (χ4n) is 4.86.